The van der Waals surface area contributed by atoms with E-state index in [4.69, 9.17) is 17.2 Å². The minimum absolute atomic E-state index is 0.0955. The predicted octanol–water partition coefficient (Wildman–Crippen LogP) is 5.66. The maximum absolute atomic E-state index is 13.7. The standard InChI is InChI=1S/C27H36N4O2S2/c1-5-7-8-20(6-2)17-31-26(33)22(35-27(31)34)15-21-24(29-13-11-18(3)12-14-29)28-23-10-9-19(4)16-30(23)25(21)32/h9-10,15-16,18,20H,5-8,11-14,17H2,1-4H3. The molecule has 35 heavy (non-hydrogen) atoms. The van der Waals surface area contributed by atoms with Crippen LogP contribution < -0.4 is 10.5 Å². The Hall–Kier alpha value is -2.19. The molecule has 1 atom stereocenters. The smallest absolute Gasteiger partial charge is 0.267 e. The van der Waals surface area contributed by atoms with Gasteiger partial charge in [-0.25, -0.2) is 4.98 Å². The van der Waals surface area contributed by atoms with E-state index in [0.717, 1.165) is 57.2 Å². The molecule has 2 aromatic heterocycles. The van der Waals surface area contributed by atoms with E-state index in [9.17, 15) is 9.59 Å². The molecule has 0 aromatic carbocycles. The van der Waals surface area contributed by atoms with Gasteiger partial charge in [0.05, 0.1) is 10.5 Å². The number of hydrogen-bond donors (Lipinski definition) is 0. The van der Waals surface area contributed by atoms with Gasteiger partial charge >= 0.3 is 0 Å². The van der Waals surface area contributed by atoms with Crippen molar-refractivity contribution in [2.75, 3.05) is 24.5 Å². The van der Waals surface area contributed by atoms with E-state index in [1.807, 2.05) is 25.3 Å². The van der Waals surface area contributed by atoms with Crippen LogP contribution in [0.1, 0.15) is 70.4 Å². The Morgan fingerprint density at radius 1 is 1.23 bits per heavy atom. The van der Waals surface area contributed by atoms with Crippen molar-refractivity contribution in [2.45, 2.75) is 66.2 Å². The molecule has 0 spiro atoms. The summed E-state index contributed by atoms with van der Waals surface area (Å²) in [6.07, 6.45) is 10.1. The summed E-state index contributed by atoms with van der Waals surface area (Å²) in [5, 5.41) is 0. The molecule has 1 unspecified atom stereocenters. The fraction of sp³-hybridized carbons (Fsp3) is 0.556. The second-order valence-corrected chi connectivity index (χ2v) is 11.6. The van der Waals surface area contributed by atoms with Crippen LogP contribution in [0.3, 0.4) is 0 Å². The number of aryl methyl sites for hydroxylation is 1. The van der Waals surface area contributed by atoms with Crippen molar-refractivity contribution in [1.29, 1.82) is 0 Å². The van der Waals surface area contributed by atoms with Gasteiger partial charge in [-0.3, -0.25) is 18.9 Å². The topological polar surface area (TPSA) is 57.9 Å². The molecule has 2 fully saturated rings. The number of fused-ring (bicyclic) bond motifs is 1. The molecule has 0 aliphatic carbocycles. The maximum atomic E-state index is 13.7. The monoisotopic (exact) mass is 512 g/mol. The van der Waals surface area contributed by atoms with Crippen LogP contribution in [0.5, 0.6) is 0 Å². The molecule has 4 rings (SSSR count). The minimum Gasteiger partial charge on any atom is -0.356 e. The first-order chi connectivity index (χ1) is 16.8. The van der Waals surface area contributed by atoms with E-state index >= 15 is 0 Å². The SMILES string of the molecule is CCCCC(CC)CN1C(=O)C(=Cc2c(N3CCC(C)CC3)nc3ccc(C)cn3c2=O)SC1=S. The van der Waals surface area contributed by atoms with E-state index in [1.54, 1.807) is 15.4 Å². The summed E-state index contributed by atoms with van der Waals surface area (Å²) in [5.74, 6) is 1.67. The van der Waals surface area contributed by atoms with Gasteiger partial charge in [0.2, 0.25) is 0 Å². The summed E-state index contributed by atoms with van der Waals surface area (Å²) >= 11 is 6.91. The fourth-order valence-electron chi connectivity index (χ4n) is 4.80. The average molecular weight is 513 g/mol. The van der Waals surface area contributed by atoms with Gasteiger partial charge in [-0.2, -0.15) is 0 Å². The van der Waals surface area contributed by atoms with Gasteiger partial charge in [0.15, 0.2) is 0 Å². The first-order valence-corrected chi connectivity index (χ1v) is 14.1. The van der Waals surface area contributed by atoms with Crippen LogP contribution in [0.2, 0.25) is 0 Å². The third-order valence-corrected chi connectivity index (χ3v) is 8.58. The first-order valence-electron chi connectivity index (χ1n) is 12.9. The van der Waals surface area contributed by atoms with Gasteiger partial charge in [0, 0.05) is 25.8 Å². The van der Waals surface area contributed by atoms with Crippen molar-refractivity contribution in [3.8, 4) is 0 Å². The van der Waals surface area contributed by atoms with Crippen molar-refractivity contribution in [3.63, 3.8) is 0 Å². The number of anilines is 1. The van der Waals surface area contributed by atoms with Crippen molar-refractivity contribution < 1.29 is 4.79 Å². The Kier molecular flexibility index (Phi) is 8.32. The zero-order valence-corrected chi connectivity index (χ0v) is 22.9. The zero-order valence-electron chi connectivity index (χ0n) is 21.2. The van der Waals surface area contributed by atoms with E-state index in [-0.39, 0.29) is 11.5 Å². The van der Waals surface area contributed by atoms with E-state index < -0.39 is 0 Å². The molecular weight excluding hydrogens is 476 g/mol. The Labute approximate surface area is 217 Å². The summed E-state index contributed by atoms with van der Waals surface area (Å²) in [6, 6.07) is 3.86. The molecule has 6 nitrogen and oxygen atoms in total. The highest BCUT2D eigenvalue weighted by molar-refractivity contribution is 8.26. The number of thioether (sulfide) groups is 1. The summed E-state index contributed by atoms with van der Waals surface area (Å²) in [7, 11) is 0. The lowest BCUT2D eigenvalue weighted by Crippen LogP contribution is -2.36. The summed E-state index contributed by atoms with van der Waals surface area (Å²) in [5.41, 5.74) is 1.93. The van der Waals surface area contributed by atoms with Crippen LogP contribution in [0, 0.1) is 18.8 Å². The van der Waals surface area contributed by atoms with Gasteiger partial charge < -0.3 is 4.90 Å². The van der Waals surface area contributed by atoms with Crippen LogP contribution >= 0.6 is 24.0 Å². The van der Waals surface area contributed by atoms with E-state index in [0.29, 0.717) is 44.6 Å². The third-order valence-electron chi connectivity index (χ3n) is 7.20. The van der Waals surface area contributed by atoms with E-state index in [2.05, 4.69) is 25.7 Å². The number of carbonyl (C=O) groups is 1. The summed E-state index contributed by atoms with van der Waals surface area (Å²) in [6.45, 7) is 10.9. The van der Waals surface area contributed by atoms with Crippen molar-refractivity contribution >= 4 is 51.7 Å². The normalized spacial score (nSPS) is 19.4. The Bertz CT molecular complexity index is 1200. The molecule has 1 amide bonds. The van der Waals surface area contributed by atoms with Crippen LogP contribution in [0.4, 0.5) is 5.82 Å². The van der Waals surface area contributed by atoms with Gasteiger partial charge in [0.1, 0.15) is 15.8 Å². The van der Waals surface area contributed by atoms with E-state index in [1.165, 1.54) is 11.8 Å². The minimum atomic E-state index is -0.146. The van der Waals surface area contributed by atoms with Crippen LogP contribution in [-0.2, 0) is 4.79 Å². The molecule has 0 radical (unpaired) electrons. The Morgan fingerprint density at radius 3 is 2.66 bits per heavy atom. The molecule has 0 bridgehead atoms. The van der Waals surface area contributed by atoms with Crippen LogP contribution in [-0.4, -0.2) is 44.1 Å². The molecular formula is C27H36N4O2S2. The number of unbranched alkanes of at least 4 members (excludes halogenated alkanes) is 1. The second kappa shape index (κ2) is 11.2. The number of pyridine rings is 1. The lowest BCUT2D eigenvalue weighted by Gasteiger charge is -2.32. The summed E-state index contributed by atoms with van der Waals surface area (Å²) < 4.78 is 2.17. The lowest BCUT2D eigenvalue weighted by atomic mass is 9.98. The molecule has 2 aliphatic rings. The number of piperidine rings is 1. The first kappa shape index (κ1) is 25.9. The Morgan fingerprint density at radius 2 is 1.97 bits per heavy atom. The maximum Gasteiger partial charge on any atom is 0.267 e. The van der Waals surface area contributed by atoms with Crippen molar-refractivity contribution in [3.05, 3.63) is 44.7 Å². The average Bonchev–Trinajstić information content (AvgIpc) is 3.11. The van der Waals surface area contributed by atoms with Crippen molar-refractivity contribution in [2.24, 2.45) is 11.8 Å². The largest absolute Gasteiger partial charge is 0.356 e. The van der Waals surface area contributed by atoms with Gasteiger partial charge in [0.25, 0.3) is 11.5 Å². The molecule has 8 heteroatoms. The molecule has 188 valence electrons. The highest BCUT2D eigenvalue weighted by atomic mass is 32.2. The predicted molar refractivity (Wildman–Crippen MR) is 150 cm³/mol. The number of aromatic nitrogens is 2. The van der Waals surface area contributed by atoms with Crippen LogP contribution in [0.25, 0.3) is 11.7 Å². The molecule has 4 heterocycles. The number of nitrogens with zero attached hydrogens (tertiary/aromatic N) is 4. The number of carbonyl (C=O) groups excluding carboxylic acids is 1. The second-order valence-electron chi connectivity index (χ2n) is 9.97. The molecule has 0 N–H and O–H groups in total. The molecule has 0 saturated carbocycles. The number of rotatable bonds is 8. The quantitative estimate of drug-likeness (QED) is 0.336. The number of thiocarbonyl (C=S) groups is 1. The van der Waals surface area contributed by atoms with Crippen LogP contribution in [0.15, 0.2) is 28.0 Å². The lowest BCUT2D eigenvalue weighted by molar-refractivity contribution is -0.122. The molecule has 2 aliphatic heterocycles. The Balaban J connectivity index is 1.73. The number of hydrogen-bond acceptors (Lipinski definition) is 6. The highest BCUT2D eigenvalue weighted by Crippen LogP contribution is 2.35. The highest BCUT2D eigenvalue weighted by Gasteiger charge is 2.34. The van der Waals surface area contributed by atoms with Crippen molar-refractivity contribution in [1.82, 2.24) is 14.3 Å². The van der Waals surface area contributed by atoms with Gasteiger partial charge in [-0.05, 0) is 55.7 Å². The fourth-order valence-corrected chi connectivity index (χ4v) is 6.06. The summed E-state index contributed by atoms with van der Waals surface area (Å²) in [4.78, 5) is 36.5. The molecule has 2 aromatic rings. The van der Waals surface area contributed by atoms with Gasteiger partial charge in [-0.15, -0.1) is 0 Å². The third kappa shape index (κ3) is 5.64. The number of amides is 1. The molecule has 2 saturated heterocycles. The van der Waals surface area contributed by atoms with Gasteiger partial charge in [-0.1, -0.05) is 70.1 Å². The zero-order chi connectivity index (χ0) is 25.1.